The van der Waals surface area contributed by atoms with Crippen LogP contribution in [0.4, 0.5) is 5.69 Å². The first kappa shape index (κ1) is 14.1. The molecule has 3 nitrogen and oxygen atoms in total. The zero-order chi connectivity index (χ0) is 14.4. The Morgan fingerprint density at radius 1 is 1.30 bits per heavy atom. The zero-order valence-corrected chi connectivity index (χ0v) is 11.8. The van der Waals surface area contributed by atoms with Crippen molar-refractivity contribution in [1.29, 1.82) is 0 Å². The molecule has 3 heteroatoms. The predicted molar refractivity (Wildman–Crippen MR) is 81.5 cm³/mol. The number of hydrogen-bond acceptors (Lipinski definition) is 2. The average Bonchev–Trinajstić information content (AvgIpc) is 2.98. The highest BCUT2D eigenvalue weighted by Crippen LogP contribution is 2.20. The molecule has 1 aromatic carbocycles. The van der Waals surface area contributed by atoms with Gasteiger partial charge in [-0.2, -0.15) is 0 Å². The average molecular weight is 269 g/mol. The van der Waals surface area contributed by atoms with Gasteiger partial charge in [-0.15, -0.1) is 0 Å². The molecule has 0 saturated carbocycles. The summed E-state index contributed by atoms with van der Waals surface area (Å²) in [6.45, 7) is 4.36. The van der Waals surface area contributed by atoms with Gasteiger partial charge < -0.3 is 9.73 Å². The van der Waals surface area contributed by atoms with Crippen molar-refractivity contribution in [3.8, 4) is 0 Å². The highest BCUT2D eigenvalue weighted by molar-refractivity contribution is 6.01. The van der Waals surface area contributed by atoms with Crippen LogP contribution in [0.15, 0.2) is 53.2 Å². The molecule has 1 unspecified atom stereocenters. The molecule has 2 rings (SSSR count). The van der Waals surface area contributed by atoms with Gasteiger partial charge in [-0.3, -0.25) is 4.79 Å². The van der Waals surface area contributed by atoms with Gasteiger partial charge in [0.05, 0.1) is 6.26 Å². The molecule has 0 aliphatic rings. The van der Waals surface area contributed by atoms with Crippen LogP contribution in [-0.2, 0) is 4.79 Å². The van der Waals surface area contributed by atoms with Gasteiger partial charge in [-0.25, -0.2) is 0 Å². The second kappa shape index (κ2) is 6.75. The van der Waals surface area contributed by atoms with Gasteiger partial charge in [0, 0.05) is 11.8 Å². The van der Waals surface area contributed by atoms with E-state index in [1.54, 1.807) is 24.5 Å². The van der Waals surface area contributed by atoms with Crippen LogP contribution in [0.25, 0.3) is 6.08 Å². The summed E-state index contributed by atoms with van der Waals surface area (Å²) in [5.41, 5.74) is 2.09. The lowest BCUT2D eigenvalue weighted by Crippen LogP contribution is -2.07. The molecule has 20 heavy (non-hydrogen) atoms. The van der Waals surface area contributed by atoms with Gasteiger partial charge in [0.1, 0.15) is 5.76 Å². The van der Waals surface area contributed by atoms with Gasteiger partial charge in [0.25, 0.3) is 0 Å². The Balaban J connectivity index is 1.94. The van der Waals surface area contributed by atoms with Crippen molar-refractivity contribution < 1.29 is 9.21 Å². The Hall–Kier alpha value is -2.29. The number of benzene rings is 1. The summed E-state index contributed by atoms with van der Waals surface area (Å²) in [7, 11) is 0. The van der Waals surface area contributed by atoms with E-state index in [0.717, 1.165) is 12.1 Å². The maximum absolute atomic E-state index is 11.7. The summed E-state index contributed by atoms with van der Waals surface area (Å²) >= 11 is 0. The maximum Gasteiger partial charge on any atom is 0.248 e. The van der Waals surface area contributed by atoms with E-state index in [-0.39, 0.29) is 5.91 Å². The molecule has 0 radical (unpaired) electrons. The molecule has 0 aliphatic carbocycles. The van der Waals surface area contributed by atoms with Crippen LogP contribution in [0.3, 0.4) is 0 Å². The van der Waals surface area contributed by atoms with E-state index in [1.807, 2.05) is 12.1 Å². The Morgan fingerprint density at radius 3 is 2.65 bits per heavy atom. The number of carbonyl (C=O) groups is 1. The molecule has 0 saturated heterocycles. The number of furan rings is 1. The number of rotatable bonds is 5. The minimum absolute atomic E-state index is 0.169. The van der Waals surface area contributed by atoms with Gasteiger partial charge >= 0.3 is 0 Å². The summed E-state index contributed by atoms with van der Waals surface area (Å²) in [5.74, 6) is 1.03. The predicted octanol–water partition coefficient (Wildman–Crippen LogP) is 4.45. The van der Waals surface area contributed by atoms with Crippen LogP contribution in [-0.4, -0.2) is 5.91 Å². The molecule has 104 valence electrons. The van der Waals surface area contributed by atoms with Crippen LogP contribution in [0.2, 0.25) is 0 Å². The molecule has 1 heterocycles. The lowest BCUT2D eigenvalue weighted by atomic mass is 9.99. The molecule has 0 fully saturated rings. The lowest BCUT2D eigenvalue weighted by molar-refractivity contribution is -0.111. The van der Waals surface area contributed by atoms with Crippen molar-refractivity contribution in [3.05, 3.63) is 60.1 Å². The van der Waals surface area contributed by atoms with Crippen molar-refractivity contribution in [1.82, 2.24) is 0 Å². The van der Waals surface area contributed by atoms with E-state index in [2.05, 4.69) is 31.3 Å². The van der Waals surface area contributed by atoms with Crippen molar-refractivity contribution in [2.45, 2.75) is 26.2 Å². The van der Waals surface area contributed by atoms with Crippen molar-refractivity contribution in [2.75, 3.05) is 5.32 Å². The fourth-order valence-corrected chi connectivity index (χ4v) is 1.86. The van der Waals surface area contributed by atoms with E-state index in [9.17, 15) is 4.79 Å². The van der Waals surface area contributed by atoms with E-state index >= 15 is 0 Å². The third kappa shape index (κ3) is 3.85. The Morgan fingerprint density at radius 2 is 2.05 bits per heavy atom. The standard InChI is InChI=1S/C17H19NO2/c1-3-13(2)14-6-8-15(9-7-14)18-17(19)11-10-16-5-4-12-20-16/h4-13H,3H2,1-2H3,(H,18,19)/b11-10+. The molecule has 0 spiro atoms. The van der Waals surface area contributed by atoms with Gasteiger partial charge in [-0.05, 0) is 48.2 Å². The second-order valence-electron chi connectivity index (χ2n) is 4.77. The minimum atomic E-state index is -0.169. The molecule has 1 atom stereocenters. The fourth-order valence-electron chi connectivity index (χ4n) is 1.86. The Labute approximate surface area is 119 Å². The summed E-state index contributed by atoms with van der Waals surface area (Å²) < 4.78 is 5.12. The van der Waals surface area contributed by atoms with Gasteiger partial charge in [-0.1, -0.05) is 26.0 Å². The monoisotopic (exact) mass is 269 g/mol. The van der Waals surface area contributed by atoms with E-state index in [0.29, 0.717) is 11.7 Å². The Kier molecular flexibility index (Phi) is 4.77. The quantitative estimate of drug-likeness (QED) is 0.815. The first-order chi connectivity index (χ1) is 9.69. The Bertz CT molecular complexity index is 568. The van der Waals surface area contributed by atoms with Crippen molar-refractivity contribution in [3.63, 3.8) is 0 Å². The summed E-state index contributed by atoms with van der Waals surface area (Å²) in [5, 5.41) is 2.82. The molecule has 0 aliphatic heterocycles. The maximum atomic E-state index is 11.7. The smallest absolute Gasteiger partial charge is 0.248 e. The van der Waals surface area contributed by atoms with E-state index < -0.39 is 0 Å². The largest absolute Gasteiger partial charge is 0.465 e. The SMILES string of the molecule is CCC(C)c1ccc(NC(=O)/C=C/c2ccco2)cc1. The first-order valence-electron chi connectivity index (χ1n) is 6.81. The van der Waals surface area contributed by atoms with E-state index in [4.69, 9.17) is 4.42 Å². The topological polar surface area (TPSA) is 42.2 Å². The first-order valence-corrected chi connectivity index (χ1v) is 6.81. The molecule has 1 aromatic heterocycles. The number of hydrogen-bond donors (Lipinski definition) is 1. The molecular weight excluding hydrogens is 250 g/mol. The van der Waals surface area contributed by atoms with Gasteiger partial charge in [0.2, 0.25) is 5.91 Å². The molecule has 1 N–H and O–H groups in total. The van der Waals surface area contributed by atoms with Crippen molar-refractivity contribution in [2.24, 2.45) is 0 Å². The van der Waals surface area contributed by atoms with Gasteiger partial charge in [0.15, 0.2) is 0 Å². The fraction of sp³-hybridized carbons (Fsp3) is 0.235. The number of amides is 1. The minimum Gasteiger partial charge on any atom is -0.465 e. The lowest BCUT2D eigenvalue weighted by Gasteiger charge is -2.09. The third-order valence-electron chi connectivity index (χ3n) is 3.30. The normalized spacial score (nSPS) is 12.5. The van der Waals surface area contributed by atoms with Crippen molar-refractivity contribution >= 4 is 17.7 Å². The van der Waals surface area contributed by atoms with Crippen LogP contribution >= 0.6 is 0 Å². The number of carbonyl (C=O) groups excluding carboxylic acids is 1. The van der Waals surface area contributed by atoms with E-state index in [1.165, 1.54) is 11.6 Å². The summed E-state index contributed by atoms with van der Waals surface area (Å²) in [4.78, 5) is 11.7. The molecule has 1 amide bonds. The highest BCUT2D eigenvalue weighted by Gasteiger charge is 2.03. The molecular formula is C17H19NO2. The van der Waals surface area contributed by atoms with Crippen LogP contribution in [0, 0.1) is 0 Å². The second-order valence-corrected chi connectivity index (χ2v) is 4.77. The van der Waals surface area contributed by atoms with Crippen LogP contribution in [0.5, 0.6) is 0 Å². The van der Waals surface area contributed by atoms with Crippen LogP contribution < -0.4 is 5.32 Å². The third-order valence-corrected chi connectivity index (χ3v) is 3.30. The highest BCUT2D eigenvalue weighted by atomic mass is 16.3. The molecule has 2 aromatic rings. The molecule has 0 bridgehead atoms. The zero-order valence-electron chi connectivity index (χ0n) is 11.8. The summed E-state index contributed by atoms with van der Waals surface area (Å²) in [6, 6.07) is 11.6. The van der Waals surface area contributed by atoms with Crippen LogP contribution in [0.1, 0.15) is 37.5 Å². The number of anilines is 1. The number of nitrogens with one attached hydrogen (secondary N) is 1. The summed E-state index contributed by atoms with van der Waals surface area (Å²) in [6.07, 6.45) is 5.78.